The number of nitrogens with one attached hydrogen (secondary N) is 1. The van der Waals surface area contributed by atoms with Gasteiger partial charge in [0.25, 0.3) is 11.8 Å². The molecule has 6 nitrogen and oxygen atoms in total. The largest absolute Gasteiger partial charge is 0.493 e. The Morgan fingerprint density at radius 1 is 1.11 bits per heavy atom. The molecule has 0 saturated carbocycles. The van der Waals surface area contributed by atoms with Gasteiger partial charge in [-0.25, -0.2) is 0 Å². The van der Waals surface area contributed by atoms with Crippen LogP contribution in [0.3, 0.4) is 0 Å². The molecule has 0 aromatic heterocycles. The highest BCUT2D eigenvalue weighted by molar-refractivity contribution is 6.34. The minimum atomic E-state index is -0.330. The zero-order valence-corrected chi connectivity index (χ0v) is 17.3. The Balaban J connectivity index is 2.18. The van der Waals surface area contributed by atoms with Crippen molar-refractivity contribution in [1.29, 1.82) is 0 Å². The van der Waals surface area contributed by atoms with E-state index in [2.05, 4.69) is 12.2 Å². The first-order chi connectivity index (χ1) is 13.4. The third-order valence-electron chi connectivity index (χ3n) is 4.04. The third kappa shape index (κ3) is 5.39. The normalized spacial score (nSPS) is 10.3. The van der Waals surface area contributed by atoms with E-state index in [4.69, 9.17) is 21.1 Å². The lowest BCUT2D eigenvalue weighted by atomic mass is 10.1. The molecule has 2 aromatic carbocycles. The second kappa shape index (κ2) is 9.99. The molecule has 0 aliphatic rings. The van der Waals surface area contributed by atoms with Crippen molar-refractivity contribution in [3.63, 3.8) is 0 Å². The first kappa shape index (κ1) is 21.6. The van der Waals surface area contributed by atoms with Gasteiger partial charge in [0.05, 0.1) is 24.3 Å². The molecule has 0 radical (unpaired) electrons. The number of halogens is 1. The number of carbonyl (C=O) groups excluding carboxylic acids is 2. The molecule has 0 heterocycles. The SMILES string of the molecule is CCCCOc1ccc(C(=O)Nc2ccc(Cl)c(C(=O)N(C)C)c2)cc1OC. The highest BCUT2D eigenvalue weighted by atomic mass is 35.5. The first-order valence-corrected chi connectivity index (χ1v) is 9.38. The Kier molecular flexibility index (Phi) is 7.70. The summed E-state index contributed by atoms with van der Waals surface area (Å²) in [6.45, 7) is 2.67. The van der Waals surface area contributed by atoms with Crippen LogP contribution < -0.4 is 14.8 Å². The summed E-state index contributed by atoms with van der Waals surface area (Å²) in [6.07, 6.45) is 1.97. The average molecular weight is 405 g/mol. The standard InChI is InChI=1S/C21H25ClN2O4/c1-5-6-11-28-18-10-7-14(12-19(18)27-4)20(25)23-15-8-9-17(22)16(13-15)21(26)24(2)3/h7-10,12-13H,5-6,11H2,1-4H3,(H,23,25). The molecule has 0 fully saturated rings. The van der Waals surface area contributed by atoms with Crippen molar-refractivity contribution >= 4 is 29.1 Å². The summed E-state index contributed by atoms with van der Waals surface area (Å²) in [5.74, 6) is 0.515. The zero-order chi connectivity index (χ0) is 20.7. The molecule has 0 atom stereocenters. The second-order valence-corrected chi connectivity index (χ2v) is 6.82. The van der Waals surface area contributed by atoms with E-state index in [1.807, 2.05) is 0 Å². The van der Waals surface area contributed by atoms with E-state index in [1.54, 1.807) is 50.5 Å². The number of hydrogen-bond donors (Lipinski definition) is 1. The molecule has 0 spiro atoms. The number of methoxy groups -OCH3 is 1. The van der Waals surface area contributed by atoms with E-state index < -0.39 is 0 Å². The minimum Gasteiger partial charge on any atom is -0.493 e. The number of nitrogens with zero attached hydrogens (tertiary/aromatic N) is 1. The summed E-state index contributed by atoms with van der Waals surface area (Å²) in [6, 6.07) is 9.79. The lowest BCUT2D eigenvalue weighted by molar-refractivity contribution is 0.0827. The monoisotopic (exact) mass is 404 g/mol. The van der Waals surface area contributed by atoms with E-state index in [1.165, 1.54) is 12.0 Å². The van der Waals surface area contributed by atoms with Crippen molar-refractivity contribution in [1.82, 2.24) is 4.90 Å². The number of anilines is 1. The van der Waals surface area contributed by atoms with Gasteiger partial charge in [-0.1, -0.05) is 24.9 Å². The smallest absolute Gasteiger partial charge is 0.255 e. The summed E-state index contributed by atoms with van der Waals surface area (Å²) in [4.78, 5) is 26.2. The van der Waals surface area contributed by atoms with Gasteiger partial charge in [0.2, 0.25) is 0 Å². The van der Waals surface area contributed by atoms with Gasteiger partial charge in [0.15, 0.2) is 11.5 Å². The molecular formula is C21H25ClN2O4. The number of rotatable bonds is 8. The molecule has 0 aliphatic carbocycles. The van der Waals surface area contributed by atoms with E-state index in [0.29, 0.717) is 39.9 Å². The summed E-state index contributed by atoms with van der Waals surface area (Å²) < 4.78 is 11.0. The maximum atomic E-state index is 12.6. The number of amides is 2. The van der Waals surface area contributed by atoms with Crippen LogP contribution in [0.1, 0.15) is 40.5 Å². The Morgan fingerprint density at radius 2 is 1.86 bits per heavy atom. The van der Waals surface area contributed by atoms with E-state index in [9.17, 15) is 9.59 Å². The Hall–Kier alpha value is -2.73. The first-order valence-electron chi connectivity index (χ1n) is 9.00. The number of hydrogen-bond acceptors (Lipinski definition) is 4. The van der Waals surface area contributed by atoms with Crippen LogP contribution in [0.2, 0.25) is 5.02 Å². The molecule has 0 saturated heterocycles. The molecular weight excluding hydrogens is 380 g/mol. The van der Waals surface area contributed by atoms with Gasteiger partial charge in [-0.15, -0.1) is 0 Å². The quantitative estimate of drug-likeness (QED) is 0.658. The summed E-state index contributed by atoms with van der Waals surface area (Å²) in [5, 5.41) is 3.10. The van der Waals surface area contributed by atoms with Gasteiger partial charge in [-0.3, -0.25) is 9.59 Å². The van der Waals surface area contributed by atoms with Crippen LogP contribution in [0.5, 0.6) is 11.5 Å². The average Bonchev–Trinajstić information content (AvgIpc) is 2.69. The van der Waals surface area contributed by atoms with Crippen LogP contribution in [0.4, 0.5) is 5.69 Å². The Morgan fingerprint density at radius 3 is 2.50 bits per heavy atom. The molecule has 150 valence electrons. The summed E-state index contributed by atoms with van der Waals surface area (Å²) >= 11 is 6.11. The molecule has 0 unspecified atom stereocenters. The fourth-order valence-corrected chi connectivity index (χ4v) is 2.66. The minimum absolute atomic E-state index is 0.239. The van der Waals surface area contributed by atoms with E-state index >= 15 is 0 Å². The fourth-order valence-electron chi connectivity index (χ4n) is 2.47. The van der Waals surface area contributed by atoms with Crippen LogP contribution in [0, 0.1) is 0 Å². The maximum Gasteiger partial charge on any atom is 0.255 e. The molecule has 7 heteroatoms. The van der Waals surface area contributed by atoms with Crippen LogP contribution in [-0.2, 0) is 0 Å². The van der Waals surface area contributed by atoms with E-state index in [-0.39, 0.29) is 11.8 Å². The predicted octanol–water partition coefficient (Wildman–Crippen LogP) is 4.48. The predicted molar refractivity (Wildman–Crippen MR) is 111 cm³/mol. The van der Waals surface area contributed by atoms with Gasteiger partial charge in [0.1, 0.15) is 0 Å². The number of unbranched alkanes of at least 4 members (excludes halogenated alkanes) is 1. The number of ether oxygens (including phenoxy) is 2. The molecule has 1 N–H and O–H groups in total. The lowest BCUT2D eigenvalue weighted by Crippen LogP contribution is -2.22. The van der Waals surface area contributed by atoms with Gasteiger partial charge < -0.3 is 19.7 Å². The summed E-state index contributed by atoms with van der Waals surface area (Å²) in [7, 11) is 4.81. The topological polar surface area (TPSA) is 67.9 Å². The number of benzene rings is 2. The van der Waals surface area contributed by atoms with Gasteiger partial charge in [-0.05, 0) is 42.8 Å². The zero-order valence-electron chi connectivity index (χ0n) is 16.5. The van der Waals surface area contributed by atoms with Crippen molar-refractivity contribution in [2.45, 2.75) is 19.8 Å². The van der Waals surface area contributed by atoms with Crippen molar-refractivity contribution in [2.75, 3.05) is 33.1 Å². The third-order valence-corrected chi connectivity index (χ3v) is 4.37. The van der Waals surface area contributed by atoms with Crippen LogP contribution in [0.25, 0.3) is 0 Å². The highest BCUT2D eigenvalue weighted by Gasteiger charge is 2.15. The van der Waals surface area contributed by atoms with Crippen LogP contribution in [0.15, 0.2) is 36.4 Å². The van der Waals surface area contributed by atoms with E-state index in [0.717, 1.165) is 12.8 Å². The molecule has 0 aliphatic heterocycles. The maximum absolute atomic E-state index is 12.6. The molecule has 2 aromatic rings. The van der Waals surface area contributed by atoms with Crippen molar-refractivity contribution in [2.24, 2.45) is 0 Å². The molecule has 2 amide bonds. The molecule has 0 bridgehead atoms. The highest BCUT2D eigenvalue weighted by Crippen LogP contribution is 2.29. The molecule has 2 rings (SSSR count). The number of carbonyl (C=O) groups is 2. The Bertz CT molecular complexity index is 852. The molecule has 28 heavy (non-hydrogen) atoms. The van der Waals surface area contributed by atoms with Crippen molar-refractivity contribution in [3.05, 3.63) is 52.5 Å². The van der Waals surface area contributed by atoms with Gasteiger partial charge in [0, 0.05) is 25.3 Å². The van der Waals surface area contributed by atoms with Crippen LogP contribution in [-0.4, -0.2) is 44.5 Å². The fraction of sp³-hybridized carbons (Fsp3) is 0.333. The van der Waals surface area contributed by atoms with Gasteiger partial charge >= 0.3 is 0 Å². The lowest BCUT2D eigenvalue weighted by Gasteiger charge is -2.14. The van der Waals surface area contributed by atoms with Crippen molar-refractivity contribution in [3.8, 4) is 11.5 Å². The van der Waals surface area contributed by atoms with Gasteiger partial charge in [-0.2, -0.15) is 0 Å². The summed E-state index contributed by atoms with van der Waals surface area (Å²) in [5.41, 5.74) is 1.21. The van der Waals surface area contributed by atoms with Crippen LogP contribution >= 0.6 is 11.6 Å². The Labute approximate surface area is 170 Å². The van der Waals surface area contributed by atoms with Crippen molar-refractivity contribution < 1.29 is 19.1 Å². The second-order valence-electron chi connectivity index (χ2n) is 6.42.